The third-order valence-electron chi connectivity index (χ3n) is 6.73. The Labute approximate surface area is 201 Å². The molecule has 2 amide bonds. The van der Waals surface area contributed by atoms with Gasteiger partial charge in [-0.2, -0.15) is 0 Å². The first-order valence-electron chi connectivity index (χ1n) is 11.9. The number of hydrogen-bond donors (Lipinski definition) is 1. The number of halogens is 1. The fourth-order valence-electron chi connectivity index (χ4n) is 4.95. The number of sulfone groups is 1. The maximum absolute atomic E-state index is 13.4. The highest BCUT2D eigenvalue weighted by atomic mass is 32.2. The lowest BCUT2D eigenvalue weighted by atomic mass is 10.0. The minimum absolute atomic E-state index is 0.188. The van der Waals surface area contributed by atoms with Gasteiger partial charge in [0.05, 0.1) is 4.90 Å². The first-order valence-corrected chi connectivity index (χ1v) is 13.7. The maximum atomic E-state index is 13.4. The molecule has 0 bridgehead atoms. The van der Waals surface area contributed by atoms with Crippen molar-refractivity contribution in [2.75, 3.05) is 50.8 Å². The van der Waals surface area contributed by atoms with Crippen molar-refractivity contribution in [1.82, 2.24) is 14.7 Å². The molecular formula is C25H33FN4O3S. The van der Waals surface area contributed by atoms with Gasteiger partial charge in [0.2, 0.25) is 0 Å². The first kappa shape index (κ1) is 24.6. The van der Waals surface area contributed by atoms with Crippen molar-refractivity contribution in [3.63, 3.8) is 0 Å². The van der Waals surface area contributed by atoms with Crippen molar-refractivity contribution in [3.05, 3.63) is 59.9 Å². The zero-order valence-electron chi connectivity index (χ0n) is 19.6. The van der Waals surface area contributed by atoms with Crippen molar-refractivity contribution in [3.8, 4) is 0 Å². The van der Waals surface area contributed by atoms with Gasteiger partial charge in [-0.05, 0) is 62.2 Å². The summed E-state index contributed by atoms with van der Waals surface area (Å²) in [6, 6.07) is 13.5. The number of likely N-dealkylation sites (tertiary alicyclic amines) is 1. The quantitative estimate of drug-likeness (QED) is 0.698. The van der Waals surface area contributed by atoms with Gasteiger partial charge in [0.25, 0.3) is 0 Å². The summed E-state index contributed by atoms with van der Waals surface area (Å²) in [6.45, 7) is 5.57. The molecule has 2 aliphatic rings. The zero-order chi connectivity index (χ0) is 24.1. The molecule has 1 N–H and O–H groups in total. The highest BCUT2D eigenvalue weighted by Gasteiger charge is 2.28. The Hall–Kier alpha value is -2.49. The molecule has 2 aromatic carbocycles. The molecule has 2 saturated heterocycles. The molecule has 0 atom stereocenters. The highest BCUT2D eigenvalue weighted by molar-refractivity contribution is 7.90. The lowest BCUT2D eigenvalue weighted by Gasteiger charge is -2.38. The number of hydrogen-bond acceptors (Lipinski definition) is 5. The Morgan fingerprint density at radius 1 is 1.00 bits per heavy atom. The molecule has 4 rings (SSSR count). The van der Waals surface area contributed by atoms with E-state index in [4.69, 9.17) is 0 Å². The SMILES string of the molecule is CS(=O)(=O)c1ccccc1CN1CCC(N2CCCN(C(=O)Nc3cccc(F)c3)CC2)CC1. The molecule has 184 valence electrons. The summed E-state index contributed by atoms with van der Waals surface area (Å²) in [5.41, 5.74) is 1.33. The Morgan fingerprint density at radius 3 is 2.50 bits per heavy atom. The molecule has 2 aromatic rings. The number of nitrogens with zero attached hydrogens (tertiary/aromatic N) is 3. The van der Waals surface area contributed by atoms with Gasteiger partial charge in [-0.3, -0.25) is 9.80 Å². The number of carbonyl (C=O) groups is 1. The van der Waals surface area contributed by atoms with E-state index in [1.165, 1.54) is 18.4 Å². The fourth-order valence-corrected chi connectivity index (χ4v) is 5.89. The lowest BCUT2D eigenvalue weighted by molar-refractivity contribution is 0.107. The summed E-state index contributed by atoms with van der Waals surface area (Å²) < 4.78 is 37.6. The van der Waals surface area contributed by atoms with Crippen LogP contribution < -0.4 is 5.32 Å². The van der Waals surface area contributed by atoms with E-state index in [9.17, 15) is 17.6 Å². The molecule has 2 fully saturated rings. The number of piperidine rings is 1. The topological polar surface area (TPSA) is 73.0 Å². The predicted octanol–water partition coefficient (Wildman–Crippen LogP) is 3.43. The molecular weight excluding hydrogens is 455 g/mol. The average molecular weight is 489 g/mol. The van der Waals surface area contributed by atoms with Crippen molar-refractivity contribution in [2.45, 2.75) is 36.7 Å². The summed E-state index contributed by atoms with van der Waals surface area (Å²) in [5, 5.41) is 2.80. The van der Waals surface area contributed by atoms with E-state index in [0.717, 1.165) is 51.0 Å². The van der Waals surface area contributed by atoms with Gasteiger partial charge in [-0.25, -0.2) is 17.6 Å². The van der Waals surface area contributed by atoms with E-state index in [1.54, 1.807) is 24.3 Å². The van der Waals surface area contributed by atoms with Crippen LogP contribution in [0.5, 0.6) is 0 Å². The molecule has 2 aliphatic heterocycles. The smallest absolute Gasteiger partial charge is 0.321 e. The number of amides is 2. The van der Waals surface area contributed by atoms with Gasteiger partial charge in [-0.15, -0.1) is 0 Å². The zero-order valence-corrected chi connectivity index (χ0v) is 20.4. The van der Waals surface area contributed by atoms with Gasteiger partial charge < -0.3 is 10.2 Å². The van der Waals surface area contributed by atoms with Gasteiger partial charge in [0, 0.05) is 50.7 Å². The third-order valence-corrected chi connectivity index (χ3v) is 7.93. The van der Waals surface area contributed by atoms with E-state index in [1.807, 2.05) is 17.0 Å². The van der Waals surface area contributed by atoms with E-state index >= 15 is 0 Å². The minimum Gasteiger partial charge on any atom is -0.323 e. The monoisotopic (exact) mass is 488 g/mol. The Morgan fingerprint density at radius 2 is 1.76 bits per heavy atom. The average Bonchev–Trinajstić information content (AvgIpc) is 3.06. The molecule has 7 nitrogen and oxygen atoms in total. The summed E-state index contributed by atoms with van der Waals surface area (Å²) >= 11 is 0. The molecule has 0 radical (unpaired) electrons. The van der Waals surface area contributed by atoms with Crippen LogP contribution in [0.1, 0.15) is 24.8 Å². The Bertz CT molecular complexity index is 1100. The van der Waals surface area contributed by atoms with Crippen molar-refractivity contribution >= 4 is 21.6 Å². The Kier molecular flexibility index (Phi) is 7.85. The Balaban J connectivity index is 1.27. The van der Waals surface area contributed by atoms with E-state index in [-0.39, 0.29) is 11.8 Å². The standard InChI is InChI=1S/C25H33FN4O3S/c1-34(32,33)24-9-3-2-6-20(24)19-28-14-10-23(11-15-28)29-12-5-13-30(17-16-29)25(31)27-22-8-4-7-21(26)18-22/h2-4,6-9,18,23H,5,10-17,19H2,1H3,(H,27,31). The first-order chi connectivity index (χ1) is 16.3. The molecule has 0 aromatic heterocycles. The number of urea groups is 1. The minimum atomic E-state index is -3.24. The molecule has 9 heteroatoms. The number of rotatable bonds is 5. The van der Waals surface area contributed by atoms with Crippen LogP contribution >= 0.6 is 0 Å². The second kappa shape index (κ2) is 10.8. The van der Waals surface area contributed by atoms with Crippen molar-refractivity contribution in [1.29, 1.82) is 0 Å². The van der Waals surface area contributed by atoms with E-state index in [0.29, 0.717) is 36.3 Å². The number of benzene rings is 2. The van der Waals surface area contributed by atoms with Crippen LogP contribution in [0.2, 0.25) is 0 Å². The van der Waals surface area contributed by atoms with Crippen LogP contribution in [0, 0.1) is 5.82 Å². The number of anilines is 1. The third kappa shape index (κ3) is 6.34. The normalized spacial score (nSPS) is 19.1. The molecule has 34 heavy (non-hydrogen) atoms. The fraction of sp³-hybridized carbons (Fsp3) is 0.480. The van der Waals surface area contributed by atoms with Crippen LogP contribution in [0.25, 0.3) is 0 Å². The molecule has 0 spiro atoms. The summed E-state index contributed by atoms with van der Waals surface area (Å²) in [5.74, 6) is -0.369. The predicted molar refractivity (Wildman–Crippen MR) is 131 cm³/mol. The van der Waals surface area contributed by atoms with E-state index in [2.05, 4.69) is 15.1 Å². The maximum Gasteiger partial charge on any atom is 0.321 e. The van der Waals surface area contributed by atoms with Gasteiger partial charge in [0.15, 0.2) is 9.84 Å². The highest BCUT2D eigenvalue weighted by Crippen LogP contribution is 2.23. The largest absolute Gasteiger partial charge is 0.323 e. The molecule has 0 aliphatic carbocycles. The molecule has 0 saturated carbocycles. The molecule has 0 unspecified atom stereocenters. The number of nitrogens with one attached hydrogen (secondary N) is 1. The van der Waals surface area contributed by atoms with Crippen LogP contribution in [-0.4, -0.2) is 80.7 Å². The van der Waals surface area contributed by atoms with Crippen LogP contribution in [0.3, 0.4) is 0 Å². The summed E-state index contributed by atoms with van der Waals surface area (Å²) in [6.07, 6.45) is 4.21. The van der Waals surface area contributed by atoms with Crippen LogP contribution in [0.15, 0.2) is 53.4 Å². The lowest BCUT2D eigenvalue weighted by Crippen LogP contribution is -2.46. The van der Waals surface area contributed by atoms with Crippen LogP contribution in [0.4, 0.5) is 14.9 Å². The van der Waals surface area contributed by atoms with Gasteiger partial charge in [0.1, 0.15) is 5.82 Å². The second-order valence-corrected chi connectivity index (χ2v) is 11.2. The van der Waals surface area contributed by atoms with Crippen molar-refractivity contribution < 1.29 is 17.6 Å². The van der Waals surface area contributed by atoms with Crippen molar-refractivity contribution in [2.24, 2.45) is 0 Å². The number of carbonyl (C=O) groups excluding carboxylic acids is 1. The van der Waals surface area contributed by atoms with E-state index < -0.39 is 9.84 Å². The summed E-state index contributed by atoms with van der Waals surface area (Å²) in [4.78, 5) is 19.7. The second-order valence-electron chi connectivity index (χ2n) is 9.20. The van der Waals surface area contributed by atoms with Crippen LogP contribution in [-0.2, 0) is 16.4 Å². The van der Waals surface area contributed by atoms with Gasteiger partial charge in [-0.1, -0.05) is 24.3 Å². The summed E-state index contributed by atoms with van der Waals surface area (Å²) in [7, 11) is -3.24. The van der Waals surface area contributed by atoms with Gasteiger partial charge >= 0.3 is 6.03 Å². The molecule has 2 heterocycles.